The minimum absolute atomic E-state index is 0.0343. The Hall–Kier alpha value is -2.35. The predicted molar refractivity (Wildman–Crippen MR) is 149 cm³/mol. The number of thiophene rings is 1. The molecule has 0 unspecified atom stereocenters. The molecule has 1 aromatic heterocycles. The summed E-state index contributed by atoms with van der Waals surface area (Å²) in [5, 5.41) is 2.72. The summed E-state index contributed by atoms with van der Waals surface area (Å²) in [6.07, 6.45) is 1.73. The van der Waals surface area contributed by atoms with E-state index in [1.54, 1.807) is 40.5 Å². The van der Waals surface area contributed by atoms with Gasteiger partial charge in [0.1, 0.15) is 18.9 Å². The summed E-state index contributed by atoms with van der Waals surface area (Å²) in [7, 11) is 0. The highest BCUT2D eigenvalue weighted by molar-refractivity contribution is 9.10. The van der Waals surface area contributed by atoms with Gasteiger partial charge in [-0.25, -0.2) is 0 Å². The average Bonchev–Trinajstić information content (AvgIpc) is 3.36. The summed E-state index contributed by atoms with van der Waals surface area (Å²) in [6.45, 7) is 5.70. The number of amides is 2. The Morgan fingerprint density at radius 2 is 2.00 bits per heavy atom. The van der Waals surface area contributed by atoms with Gasteiger partial charge >= 0.3 is 0 Å². The second-order valence-corrected chi connectivity index (χ2v) is 11.5. The topological polar surface area (TPSA) is 49.9 Å². The van der Waals surface area contributed by atoms with Gasteiger partial charge in [0.05, 0.1) is 6.04 Å². The van der Waals surface area contributed by atoms with Gasteiger partial charge in [0, 0.05) is 33.0 Å². The molecule has 0 aliphatic carbocycles. The highest BCUT2D eigenvalue weighted by atomic mass is 79.9. The molecular weight excluding hydrogens is 560 g/mol. The van der Waals surface area contributed by atoms with E-state index in [0.717, 1.165) is 22.9 Å². The van der Waals surface area contributed by atoms with Gasteiger partial charge in [0.15, 0.2) is 0 Å². The number of carbonyl (C=O) groups excluding carboxylic acids is 2. The third-order valence-corrected chi connectivity index (χ3v) is 8.29. The summed E-state index contributed by atoms with van der Waals surface area (Å²) in [6, 6.07) is 16.4. The van der Waals surface area contributed by atoms with Crippen molar-refractivity contribution in [3.05, 3.63) is 85.5 Å². The lowest BCUT2D eigenvalue weighted by atomic mass is 10.00. The van der Waals surface area contributed by atoms with Gasteiger partial charge in [-0.3, -0.25) is 9.59 Å². The molecule has 2 amide bonds. The summed E-state index contributed by atoms with van der Waals surface area (Å²) in [4.78, 5) is 32.0. The molecule has 0 radical (unpaired) electrons. The van der Waals surface area contributed by atoms with E-state index in [-0.39, 0.29) is 30.3 Å². The van der Waals surface area contributed by atoms with Crippen LogP contribution in [0, 0.1) is 5.92 Å². The Labute approximate surface area is 230 Å². The first-order chi connectivity index (χ1) is 17.4. The fraction of sp³-hybridized carbons (Fsp3) is 0.357. The predicted octanol–water partition coefficient (Wildman–Crippen LogP) is 6.86. The fourth-order valence-corrected chi connectivity index (χ4v) is 5.82. The highest BCUT2D eigenvalue weighted by Crippen LogP contribution is 2.34. The fourth-order valence-electron chi connectivity index (χ4n) is 4.36. The molecule has 0 spiro atoms. The third kappa shape index (κ3) is 6.50. The minimum Gasteiger partial charge on any atom is -0.491 e. The second-order valence-electron chi connectivity index (χ2n) is 9.13. The number of hydrogen-bond donors (Lipinski definition) is 0. The van der Waals surface area contributed by atoms with Crippen molar-refractivity contribution in [1.82, 2.24) is 9.80 Å². The maximum Gasteiger partial charge on any atom is 0.254 e. The lowest BCUT2D eigenvalue weighted by Gasteiger charge is -2.37. The van der Waals surface area contributed by atoms with Gasteiger partial charge in [0.2, 0.25) is 5.91 Å². The molecule has 0 fully saturated rings. The molecule has 8 heteroatoms. The van der Waals surface area contributed by atoms with Gasteiger partial charge in [-0.1, -0.05) is 53.9 Å². The molecule has 1 aliphatic rings. The van der Waals surface area contributed by atoms with Crippen LogP contribution in [0.5, 0.6) is 5.75 Å². The molecule has 2 aromatic carbocycles. The van der Waals surface area contributed by atoms with Crippen LogP contribution in [0.15, 0.2) is 64.5 Å². The van der Waals surface area contributed by atoms with Crippen molar-refractivity contribution in [2.45, 2.75) is 32.7 Å². The van der Waals surface area contributed by atoms with Crippen LogP contribution in [-0.2, 0) is 11.2 Å². The average molecular weight is 590 g/mol. The largest absolute Gasteiger partial charge is 0.491 e. The van der Waals surface area contributed by atoms with E-state index in [1.165, 1.54) is 4.88 Å². The van der Waals surface area contributed by atoms with Crippen LogP contribution in [0.3, 0.4) is 0 Å². The van der Waals surface area contributed by atoms with E-state index >= 15 is 0 Å². The molecule has 2 atom stereocenters. The highest BCUT2D eigenvalue weighted by Gasteiger charge is 2.34. The quantitative estimate of drug-likeness (QED) is 0.274. The van der Waals surface area contributed by atoms with Gasteiger partial charge in [0.25, 0.3) is 5.91 Å². The van der Waals surface area contributed by atoms with Crippen LogP contribution < -0.4 is 4.74 Å². The number of nitrogens with zero attached hydrogens (tertiary/aromatic N) is 2. The summed E-state index contributed by atoms with van der Waals surface area (Å²) >= 11 is 11.2. The minimum atomic E-state index is -0.213. The smallest absolute Gasteiger partial charge is 0.254 e. The van der Waals surface area contributed by atoms with Crippen molar-refractivity contribution in [3.8, 4) is 5.75 Å². The standard InChI is InChI=1S/C28H30BrClN2O3S/c1-3-19(2)16-31(28(34)20-5-4-6-21(29)15-20)17-27(33)32-13-11-26-24(12-14-36-26)25(32)18-35-23-9-7-22(30)8-10-23/h4-10,12,14-15,19,25H,3,11,13,16-18H2,1-2H3/t19-,25+/m0/s1. The molecule has 2 heterocycles. The monoisotopic (exact) mass is 588 g/mol. The van der Waals surface area contributed by atoms with Crippen LogP contribution in [0.25, 0.3) is 0 Å². The molecule has 0 bridgehead atoms. The van der Waals surface area contributed by atoms with Crippen molar-refractivity contribution in [2.75, 3.05) is 26.2 Å². The SMILES string of the molecule is CC[C@H](C)CN(CC(=O)N1CCc2sccc2[C@H]1COc1ccc(Cl)cc1)C(=O)c1cccc(Br)c1. The zero-order valence-electron chi connectivity index (χ0n) is 20.5. The van der Waals surface area contributed by atoms with Crippen LogP contribution >= 0.6 is 38.9 Å². The number of ether oxygens (including phenoxy) is 1. The van der Waals surface area contributed by atoms with Crippen LogP contribution in [0.2, 0.25) is 5.02 Å². The molecule has 0 saturated carbocycles. The maximum absolute atomic E-state index is 13.7. The molecule has 36 heavy (non-hydrogen) atoms. The van der Waals surface area contributed by atoms with E-state index < -0.39 is 0 Å². The number of fused-ring (bicyclic) bond motifs is 1. The number of rotatable bonds is 9. The van der Waals surface area contributed by atoms with Gasteiger partial charge in [-0.2, -0.15) is 0 Å². The van der Waals surface area contributed by atoms with E-state index in [0.29, 0.717) is 36.0 Å². The zero-order chi connectivity index (χ0) is 25.7. The summed E-state index contributed by atoms with van der Waals surface area (Å²) in [5.74, 6) is 0.788. The molecular formula is C28H30BrClN2O3S. The Balaban J connectivity index is 1.54. The Bertz CT molecular complexity index is 1200. The maximum atomic E-state index is 13.7. The molecule has 1 aliphatic heterocycles. The Morgan fingerprint density at radius 1 is 1.22 bits per heavy atom. The molecule has 5 nitrogen and oxygen atoms in total. The Morgan fingerprint density at radius 3 is 2.72 bits per heavy atom. The second kappa shape index (κ2) is 12.3. The van der Waals surface area contributed by atoms with Crippen molar-refractivity contribution >= 4 is 50.7 Å². The number of carbonyl (C=O) groups is 2. The molecule has 4 rings (SSSR count). The van der Waals surface area contributed by atoms with Gasteiger partial charge in [-0.15, -0.1) is 11.3 Å². The van der Waals surface area contributed by atoms with E-state index in [4.69, 9.17) is 16.3 Å². The first kappa shape index (κ1) is 26.7. The van der Waals surface area contributed by atoms with E-state index in [2.05, 4.69) is 41.2 Å². The lowest BCUT2D eigenvalue weighted by Crippen LogP contribution is -2.48. The Kier molecular flexibility index (Phi) is 9.09. The van der Waals surface area contributed by atoms with Crippen molar-refractivity contribution in [1.29, 1.82) is 0 Å². The summed E-state index contributed by atoms with van der Waals surface area (Å²) < 4.78 is 6.93. The van der Waals surface area contributed by atoms with Crippen molar-refractivity contribution < 1.29 is 14.3 Å². The normalized spacial score (nSPS) is 15.8. The molecule has 190 valence electrons. The third-order valence-electron chi connectivity index (χ3n) is 6.55. The van der Waals surface area contributed by atoms with Crippen molar-refractivity contribution in [3.63, 3.8) is 0 Å². The van der Waals surface area contributed by atoms with E-state index in [1.807, 2.05) is 29.2 Å². The number of hydrogen-bond acceptors (Lipinski definition) is 4. The molecule has 0 N–H and O–H groups in total. The van der Waals surface area contributed by atoms with Crippen molar-refractivity contribution in [2.24, 2.45) is 5.92 Å². The van der Waals surface area contributed by atoms with Gasteiger partial charge in [-0.05, 0) is 71.8 Å². The molecule has 3 aromatic rings. The number of halogens is 2. The molecule has 0 saturated heterocycles. The van der Waals surface area contributed by atoms with Crippen LogP contribution in [-0.4, -0.2) is 47.9 Å². The lowest BCUT2D eigenvalue weighted by molar-refractivity contribution is -0.135. The number of benzene rings is 2. The first-order valence-corrected chi connectivity index (χ1v) is 14.2. The zero-order valence-corrected chi connectivity index (χ0v) is 23.6. The van der Waals surface area contributed by atoms with Crippen LogP contribution in [0.1, 0.15) is 47.1 Å². The van der Waals surface area contributed by atoms with Crippen LogP contribution in [0.4, 0.5) is 0 Å². The summed E-state index contributed by atoms with van der Waals surface area (Å²) in [5.41, 5.74) is 1.70. The first-order valence-electron chi connectivity index (χ1n) is 12.1. The van der Waals surface area contributed by atoms with Gasteiger partial charge < -0.3 is 14.5 Å². The van der Waals surface area contributed by atoms with E-state index in [9.17, 15) is 9.59 Å².